The molecule has 3 rings (SSSR count). The molecule has 2 aromatic carbocycles. The van der Waals surface area contributed by atoms with Crippen LogP contribution in [0.5, 0.6) is 0 Å². The van der Waals surface area contributed by atoms with Crippen LogP contribution in [-0.2, 0) is 9.59 Å². The molecule has 27 heavy (non-hydrogen) atoms. The van der Waals surface area contributed by atoms with Gasteiger partial charge in [0.25, 0.3) is 0 Å². The Hall–Kier alpha value is -2.66. The van der Waals surface area contributed by atoms with E-state index in [-0.39, 0.29) is 30.7 Å². The van der Waals surface area contributed by atoms with Crippen molar-refractivity contribution in [3.8, 4) is 0 Å². The summed E-state index contributed by atoms with van der Waals surface area (Å²) in [6.45, 7) is 2.43. The number of halogens is 1. The van der Waals surface area contributed by atoms with E-state index in [4.69, 9.17) is 11.6 Å². The highest BCUT2D eigenvalue weighted by Gasteiger charge is 2.22. The van der Waals surface area contributed by atoms with Crippen LogP contribution in [0, 0.1) is 0 Å². The maximum Gasteiger partial charge on any atom is 0.243 e. The molecule has 1 aliphatic heterocycles. The second-order valence-corrected chi connectivity index (χ2v) is 6.90. The molecular formula is C21H22ClN3O2. The summed E-state index contributed by atoms with van der Waals surface area (Å²) in [5.74, 6) is -0.316. The van der Waals surface area contributed by atoms with Crippen molar-refractivity contribution in [1.29, 1.82) is 0 Å². The molecule has 0 aliphatic carbocycles. The summed E-state index contributed by atoms with van der Waals surface area (Å²) in [6.07, 6.45) is 0.985. The van der Waals surface area contributed by atoms with Crippen LogP contribution < -0.4 is 5.32 Å². The van der Waals surface area contributed by atoms with Crippen LogP contribution in [0.3, 0.4) is 0 Å². The van der Waals surface area contributed by atoms with Crippen molar-refractivity contribution in [3.05, 3.63) is 70.7 Å². The summed E-state index contributed by atoms with van der Waals surface area (Å²) < 4.78 is 0. The smallest absolute Gasteiger partial charge is 0.243 e. The van der Waals surface area contributed by atoms with Gasteiger partial charge in [0.1, 0.15) is 0 Å². The van der Waals surface area contributed by atoms with Crippen molar-refractivity contribution >= 4 is 29.1 Å². The zero-order valence-corrected chi connectivity index (χ0v) is 15.9. The van der Waals surface area contributed by atoms with E-state index in [2.05, 4.69) is 10.4 Å². The van der Waals surface area contributed by atoms with Gasteiger partial charge in [0.05, 0.1) is 18.3 Å². The first kappa shape index (κ1) is 19.1. The molecule has 1 unspecified atom stereocenters. The maximum absolute atomic E-state index is 12.4. The molecule has 140 valence electrons. The van der Waals surface area contributed by atoms with Gasteiger partial charge in [-0.2, -0.15) is 5.10 Å². The third-order valence-corrected chi connectivity index (χ3v) is 4.86. The highest BCUT2D eigenvalue weighted by atomic mass is 35.5. The van der Waals surface area contributed by atoms with Crippen LogP contribution in [0.2, 0.25) is 5.02 Å². The minimum atomic E-state index is -0.212. The number of nitrogens with zero attached hydrogens (tertiary/aromatic N) is 2. The molecule has 0 radical (unpaired) electrons. The number of rotatable bonds is 6. The van der Waals surface area contributed by atoms with E-state index in [1.54, 1.807) is 6.07 Å². The van der Waals surface area contributed by atoms with E-state index in [0.717, 1.165) is 23.3 Å². The van der Waals surface area contributed by atoms with Gasteiger partial charge in [-0.1, -0.05) is 60.1 Å². The fourth-order valence-electron chi connectivity index (χ4n) is 3.04. The SMILES string of the molecule is CC(NC(=O)CCC(=O)N1CCC(c2ccccc2)=N1)c1ccccc1Cl. The van der Waals surface area contributed by atoms with Crippen molar-refractivity contribution in [2.45, 2.75) is 32.2 Å². The Balaban J connectivity index is 1.50. The Morgan fingerprint density at radius 1 is 1.11 bits per heavy atom. The molecular weight excluding hydrogens is 362 g/mol. The molecule has 0 saturated carbocycles. The normalized spacial score (nSPS) is 14.6. The van der Waals surface area contributed by atoms with Crippen molar-refractivity contribution in [2.75, 3.05) is 6.54 Å². The van der Waals surface area contributed by atoms with Crippen LogP contribution in [0.1, 0.15) is 43.4 Å². The number of carbonyl (C=O) groups excluding carboxylic acids is 2. The van der Waals surface area contributed by atoms with Gasteiger partial charge >= 0.3 is 0 Å². The average molecular weight is 384 g/mol. The number of hydrazone groups is 1. The van der Waals surface area contributed by atoms with Gasteiger partial charge in [-0.15, -0.1) is 0 Å². The van der Waals surface area contributed by atoms with Gasteiger partial charge in [-0.05, 0) is 24.1 Å². The Morgan fingerprint density at radius 3 is 2.56 bits per heavy atom. The predicted octanol–water partition coefficient (Wildman–Crippen LogP) is 3.93. The standard InChI is InChI=1S/C21H22ClN3O2/c1-15(17-9-5-6-10-18(17)22)23-20(26)11-12-21(27)25-14-13-19(24-25)16-7-3-2-4-8-16/h2-10,15H,11-14H2,1H3,(H,23,26). The number of carbonyl (C=O) groups is 2. The molecule has 0 spiro atoms. The summed E-state index contributed by atoms with van der Waals surface area (Å²) in [7, 11) is 0. The molecule has 0 aromatic heterocycles. The van der Waals surface area contributed by atoms with Gasteiger partial charge in [0.2, 0.25) is 11.8 Å². The Bertz CT molecular complexity index is 852. The zero-order valence-electron chi connectivity index (χ0n) is 15.2. The summed E-state index contributed by atoms with van der Waals surface area (Å²) in [5.41, 5.74) is 2.79. The molecule has 1 atom stereocenters. The lowest BCUT2D eigenvalue weighted by molar-refractivity contribution is -0.133. The second kappa shape index (κ2) is 8.82. The molecule has 5 nitrogen and oxygen atoms in total. The van der Waals surface area contributed by atoms with E-state index in [0.29, 0.717) is 11.6 Å². The van der Waals surface area contributed by atoms with Gasteiger partial charge < -0.3 is 5.32 Å². The summed E-state index contributed by atoms with van der Waals surface area (Å²) in [4.78, 5) is 24.5. The number of nitrogens with one attached hydrogen (secondary N) is 1. The molecule has 1 heterocycles. The third kappa shape index (κ3) is 4.95. The highest BCUT2D eigenvalue weighted by Crippen LogP contribution is 2.22. The van der Waals surface area contributed by atoms with Crippen LogP contribution >= 0.6 is 11.6 Å². The molecule has 0 bridgehead atoms. The van der Waals surface area contributed by atoms with Gasteiger partial charge in [-0.25, -0.2) is 5.01 Å². The van der Waals surface area contributed by atoms with Crippen LogP contribution in [-0.4, -0.2) is 29.1 Å². The lowest BCUT2D eigenvalue weighted by Crippen LogP contribution is -2.29. The summed E-state index contributed by atoms with van der Waals surface area (Å²) in [5, 5.41) is 9.37. The maximum atomic E-state index is 12.4. The number of hydrogen-bond donors (Lipinski definition) is 1. The third-order valence-electron chi connectivity index (χ3n) is 4.51. The monoisotopic (exact) mass is 383 g/mol. The largest absolute Gasteiger partial charge is 0.350 e. The highest BCUT2D eigenvalue weighted by molar-refractivity contribution is 6.31. The van der Waals surface area contributed by atoms with Gasteiger partial charge in [-0.3, -0.25) is 9.59 Å². The molecule has 2 amide bonds. The predicted molar refractivity (Wildman–Crippen MR) is 107 cm³/mol. The van der Waals surface area contributed by atoms with E-state index in [1.807, 2.05) is 55.5 Å². The van der Waals surface area contributed by atoms with Gasteiger partial charge in [0.15, 0.2) is 0 Å². The number of amides is 2. The minimum Gasteiger partial charge on any atom is -0.350 e. The second-order valence-electron chi connectivity index (χ2n) is 6.49. The summed E-state index contributed by atoms with van der Waals surface area (Å²) in [6, 6.07) is 17.0. The van der Waals surface area contributed by atoms with Crippen LogP contribution in [0.4, 0.5) is 0 Å². The number of benzene rings is 2. The van der Waals surface area contributed by atoms with Crippen LogP contribution in [0.25, 0.3) is 0 Å². The minimum absolute atomic E-state index is 0.125. The van der Waals surface area contributed by atoms with Gasteiger partial charge in [0, 0.05) is 24.3 Å². The van der Waals surface area contributed by atoms with E-state index in [1.165, 1.54) is 5.01 Å². The summed E-state index contributed by atoms with van der Waals surface area (Å²) >= 11 is 6.15. The van der Waals surface area contributed by atoms with E-state index < -0.39 is 0 Å². The molecule has 1 N–H and O–H groups in total. The molecule has 0 saturated heterocycles. The van der Waals surface area contributed by atoms with Crippen molar-refractivity contribution in [2.24, 2.45) is 5.10 Å². The van der Waals surface area contributed by atoms with E-state index in [9.17, 15) is 9.59 Å². The van der Waals surface area contributed by atoms with Crippen molar-refractivity contribution in [1.82, 2.24) is 10.3 Å². The first-order valence-corrected chi connectivity index (χ1v) is 9.39. The Kier molecular flexibility index (Phi) is 6.24. The first-order valence-electron chi connectivity index (χ1n) is 9.01. The lowest BCUT2D eigenvalue weighted by atomic mass is 10.1. The fraction of sp³-hybridized carbons (Fsp3) is 0.286. The molecule has 0 fully saturated rings. The molecule has 6 heteroatoms. The van der Waals surface area contributed by atoms with Crippen LogP contribution in [0.15, 0.2) is 59.7 Å². The quantitative estimate of drug-likeness (QED) is 0.821. The first-order chi connectivity index (χ1) is 13.0. The van der Waals surface area contributed by atoms with Crippen molar-refractivity contribution < 1.29 is 9.59 Å². The van der Waals surface area contributed by atoms with E-state index >= 15 is 0 Å². The lowest BCUT2D eigenvalue weighted by Gasteiger charge is -2.16. The van der Waals surface area contributed by atoms with Crippen molar-refractivity contribution in [3.63, 3.8) is 0 Å². The molecule has 2 aromatic rings. The fourth-order valence-corrected chi connectivity index (χ4v) is 3.34. The Morgan fingerprint density at radius 2 is 1.81 bits per heavy atom. The average Bonchev–Trinajstić information content (AvgIpc) is 3.17. The topological polar surface area (TPSA) is 61.8 Å². The zero-order chi connectivity index (χ0) is 19.2. The molecule has 1 aliphatic rings. The Labute approximate surface area is 164 Å². The number of hydrogen-bond acceptors (Lipinski definition) is 3.